The van der Waals surface area contributed by atoms with E-state index in [1.807, 2.05) is 13.8 Å². The van der Waals surface area contributed by atoms with Gasteiger partial charge in [-0.1, -0.05) is 0 Å². The largest absolute Gasteiger partial charge is 0.468 e. The Hall–Kier alpha value is -0.650. The molecule has 0 aliphatic carbocycles. The zero-order valence-electron chi connectivity index (χ0n) is 11.1. The summed E-state index contributed by atoms with van der Waals surface area (Å²) in [6, 6.07) is 0. The zero-order valence-corrected chi connectivity index (χ0v) is 11.1. The topological polar surface area (TPSA) is 70.8 Å². The molecule has 5 nitrogen and oxygen atoms in total. The van der Waals surface area contributed by atoms with Crippen molar-refractivity contribution in [2.45, 2.75) is 57.5 Å². The summed E-state index contributed by atoms with van der Waals surface area (Å²) in [7, 11) is 1.33. The van der Waals surface area contributed by atoms with Gasteiger partial charge in [0.05, 0.1) is 32.0 Å². The fourth-order valence-corrected chi connectivity index (χ4v) is 2.06. The Balaban J connectivity index is 2.42. The van der Waals surface area contributed by atoms with E-state index in [0.29, 0.717) is 0 Å². The molecule has 17 heavy (non-hydrogen) atoms. The second kappa shape index (κ2) is 5.80. The molecule has 0 bridgehead atoms. The number of hydrogen-bond donors (Lipinski definition) is 1. The molecule has 0 aromatic rings. The number of rotatable bonds is 4. The molecule has 3 atom stereocenters. The molecule has 5 heteroatoms. The van der Waals surface area contributed by atoms with Crippen LogP contribution in [0.4, 0.5) is 0 Å². The number of ether oxygens (including phenoxy) is 3. The van der Waals surface area contributed by atoms with Crippen LogP contribution < -0.4 is 5.73 Å². The van der Waals surface area contributed by atoms with E-state index in [1.54, 1.807) is 6.92 Å². The molecule has 0 aromatic heterocycles. The second-order valence-electron chi connectivity index (χ2n) is 5.07. The Labute approximate surface area is 103 Å². The number of hydrogen-bond acceptors (Lipinski definition) is 5. The van der Waals surface area contributed by atoms with Gasteiger partial charge in [-0.25, -0.2) is 4.79 Å². The van der Waals surface area contributed by atoms with E-state index in [0.717, 1.165) is 12.8 Å². The van der Waals surface area contributed by atoms with Crippen LogP contribution in [-0.2, 0) is 19.0 Å². The molecule has 1 aliphatic heterocycles. The number of nitrogens with two attached hydrogens (primary N) is 1. The Morgan fingerprint density at radius 1 is 1.41 bits per heavy atom. The van der Waals surface area contributed by atoms with Crippen LogP contribution in [-0.4, -0.2) is 43.5 Å². The van der Waals surface area contributed by atoms with Gasteiger partial charge in [-0.2, -0.15) is 0 Å². The van der Waals surface area contributed by atoms with Gasteiger partial charge in [0.25, 0.3) is 0 Å². The summed E-state index contributed by atoms with van der Waals surface area (Å²) in [5, 5.41) is 0. The summed E-state index contributed by atoms with van der Waals surface area (Å²) >= 11 is 0. The number of carbonyl (C=O) groups is 1. The molecule has 1 saturated heterocycles. The Morgan fingerprint density at radius 3 is 2.41 bits per heavy atom. The maximum Gasteiger partial charge on any atom is 0.327 e. The average Bonchev–Trinajstić information content (AvgIpc) is 2.24. The zero-order chi connectivity index (χ0) is 13.1. The summed E-state index contributed by atoms with van der Waals surface area (Å²) in [5.41, 5.74) is 4.74. The molecule has 2 N–H and O–H groups in total. The van der Waals surface area contributed by atoms with Gasteiger partial charge >= 0.3 is 5.97 Å². The first-order chi connectivity index (χ1) is 7.85. The van der Waals surface area contributed by atoms with Crippen LogP contribution in [0.25, 0.3) is 0 Å². The van der Waals surface area contributed by atoms with Gasteiger partial charge in [0, 0.05) is 0 Å². The lowest BCUT2D eigenvalue weighted by molar-refractivity contribution is -0.152. The third kappa shape index (κ3) is 4.26. The number of methoxy groups -OCH3 is 1. The minimum absolute atomic E-state index is 0.0984. The standard InChI is InChI=1S/C12H23NO4/c1-8-5-10(6-9(2)17-8)16-7-12(3,13)11(14)15-4/h8-10H,5-7,13H2,1-4H3. The first kappa shape index (κ1) is 14.4. The van der Waals surface area contributed by atoms with E-state index < -0.39 is 11.5 Å². The van der Waals surface area contributed by atoms with Gasteiger partial charge in [0.15, 0.2) is 0 Å². The molecular formula is C12H23NO4. The number of esters is 1. The Bertz CT molecular complexity index is 257. The molecule has 0 radical (unpaired) electrons. The van der Waals surface area contributed by atoms with Gasteiger partial charge in [-0.3, -0.25) is 0 Å². The third-order valence-electron chi connectivity index (χ3n) is 2.92. The average molecular weight is 245 g/mol. The highest BCUT2D eigenvalue weighted by Crippen LogP contribution is 2.22. The normalized spacial score (nSPS) is 32.9. The molecule has 1 fully saturated rings. The molecule has 1 heterocycles. The van der Waals surface area contributed by atoms with Gasteiger partial charge < -0.3 is 19.9 Å². The van der Waals surface area contributed by atoms with E-state index in [4.69, 9.17) is 15.2 Å². The van der Waals surface area contributed by atoms with E-state index in [2.05, 4.69) is 4.74 Å². The molecule has 0 amide bonds. The van der Waals surface area contributed by atoms with Crippen molar-refractivity contribution < 1.29 is 19.0 Å². The van der Waals surface area contributed by atoms with Crippen molar-refractivity contribution in [3.8, 4) is 0 Å². The number of carbonyl (C=O) groups excluding carboxylic acids is 1. The summed E-state index contributed by atoms with van der Waals surface area (Å²) in [6.45, 7) is 5.83. The maximum absolute atomic E-state index is 11.4. The molecule has 1 aliphatic rings. The van der Waals surface area contributed by atoms with E-state index in [9.17, 15) is 4.79 Å². The van der Waals surface area contributed by atoms with Gasteiger partial charge in [-0.15, -0.1) is 0 Å². The van der Waals surface area contributed by atoms with Crippen LogP contribution in [0.15, 0.2) is 0 Å². The van der Waals surface area contributed by atoms with Gasteiger partial charge in [-0.05, 0) is 33.6 Å². The molecule has 0 spiro atoms. The first-order valence-corrected chi connectivity index (χ1v) is 5.99. The molecule has 100 valence electrons. The lowest BCUT2D eigenvalue weighted by Crippen LogP contribution is -2.51. The summed E-state index contributed by atoms with van der Waals surface area (Å²) in [4.78, 5) is 11.4. The highest BCUT2D eigenvalue weighted by atomic mass is 16.5. The summed E-state index contributed by atoms with van der Waals surface area (Å²) in [5.74, 6) is -0.453. The summed E-state index contributed by atoms with van der Waals surface area (Å²) < 4.78 is 15.9. The van der Waals surface area contributed by atoms with Crippen LogP contribution in [0.1, 0.15) is 33.6 Å². The van der Waals surface area contributed by atoms with Crippen molar-refractivity contribution >= 4 is 5.97 Å². The Kier molecular flexibility index (Phi) is 4.91. The van der Waals surface area contributed by atoms with Crippen LogP contribution in [0.5, 0.6) is 0 Å². The third-order valence-corrected chi connectivity index (χ3v) is 2.92. The SMILES string of the molecule is COC(=O)C(C)(N)COC1CC(C)OC(C)C1. The Morgan fingerprint density at radius 2 is 1.94 bits per heavy atom. The lowest BCUT2D eigenvalue weighted by atomic mass is 10.0. The minimum atomic E-state index is -1.08. The highest BCUT2D eigenvalue weighted by Gasteiger charge is 2.32. The molecule has 1 rings (SSSR count). The molecule has 0 aromatic carbocycles. The van der Waals surface area contributed by atoms with E-state index >= 15 is 0 Å². The fourth-order valence-electron chi connectivity index (χ4n) is 2.06. The second-order valence-corrected chi connectivity index (χ2v) is 5.07. The predicted molar refractivity (Wildman–Crippen MR) is 63.6 cm³/mol. The first-order valence-electron chi connectivity index (χ1n) is 5.99. The van der Waals surface area contributed by atoms with Crippen molar-refractivity contribution in [1.29, 1.82) is 0 Å². The quantitative estimate of drug-likeness (QED) is 0.743. The van der Waals surface area contributed by atoms with Crippen molar-refractivity contribution in [3.05, 3.63) is 0 Å². The highest BCUT2D eigenvalue weighted by molar-refractivity contribution is 5.80. The van der Waals surface area contributed by atoms with Crippen LogP contribution in [0.2, 0.25) is 0 Å². The van der Waals surface area contributed by atoms with Crippen molar-refractivity contribution in [2.24, 2.45) is 5.73 Å². The lowest BCUT2D eigenvalue weighted by Gasteiger charge is -2.33. The van der Waals surface area contributed by atoms with Crippen LogP contribution in [0.3, 0.4) is 0 Å². The summed E-state index contributed by atoms with van der Waals surface area (Å²) in [6.07, 6.45) is 2.14. The monoisotopic (exact) mass is 245 g/mol. The van der Waals surface area contributed by atoms with Gasteiger partial charge in [0.2, 0.25) is 0 Å². The molecular weight excluding hydrogens is 222 g/mol. The van der Waals surface area contributed by atoms with Crippen molar-refractivity contribution in [3.63, 3.8) is 0 Å². The predicted octanol–water partition coefficient (Wildman–Crippen LogP) is 0.849. The minimum Gasteiger partial charge on any atom is -0.468 e. The van der Waals surface area contributed by atoms with Crippen LogP contribution >= 0.6 is 0 Å². The fraction of sp³-hybridized carbons (Fsp3) is 0.917. The van der Waals surface area contributed by atoms with E-state index in [-0.39, 0.29) is 24.9 Å². The van der Waals surface area contributed by atoms with Crippen molar-refractivity contribution in [1.82, 2.24) is 0 Å². The maximum atomic E-state index is 11.4. The van der Waals surface area contributed by atoms with Gasteiger partial charge in [0.1, 0.15) is 5.54 Å². The van der Waals surface area contributed by atoms with Crippen LogP contribution in [0, 0.1) is 0 Å². The molecule has 3 unspecified atom stereocenters. The van der Waals surface area contributed by atoms with Crippen molar-refractivity contribution in [2.75, 3.05) is 13.7 Å². The smallest absolute Gasteiger partial charge is 0.327 e. The molecule has 0 saturated carbocycles. The van der Waals surface area contributed by atoms with E-state index in [1.165, 1.54) is 7.11 Å².